The van der Waals surface area contributed by atoms with Crippen LogP contribution in [-0.2, 0) is 9.59 Å². The molecule has 2 bridgehead atoms. The Labute approximate surface area is 179 Å². The summed E-state index contributed by atoms with van der Waals surface area (Å²) in [5.74, 6) is 4.41. The lowest BCUT2D eigenvalue weighted by atomic mass is 9.58. The standard InChI is InChI=1S/C26H33NO3/c1-4-11-27-16(3)20-8-5-17(12-21(20)25(27)30)18-6-7-19-15(2)9-10-26(13-18)14-22(28)24(29)23(19)26/h1,5,15,18-23,28H,3,6-14H2,2H3/t15?,18-,19-,20?,21?,22+,23-,26-/m1/s1. The molecule has 3 unspecified atom stereocenters. The fourth-order valence-corrected chi connectivity index (χ4v) is 7.86. The van der Waals surface area contributed by atoms with Gasteiger partial charge in [0.1, 0.15) is 6.10 Å². The second kappa shape index (κ2) is 7.09. The maximum absolute atomic E-state index is 13.0. The highest BCUT2D eigenvalue weighted by atomic mass is 16.3. The number of aliphatic hydroxyl groups excluding tert-OH is 1. The molecule has 5 aliphatic rings. The first-order valence-electron chi connectivity index (χ1n) is 11.7. The first-order valence-corrected chi connectivity index (χ1v) is 11.7. The van der Waals surface area contributed by atoms with Crippen molar-refractivity contribution in [2.75, 3.05) is 6.54 Å². The Hall–Kier alpha value is -1.86. The van der Waals surface area contributed by atoms with E-state index in [4.69, 9.17) is 6.42 Å². The Morgan fingerprint density at radius 2 is 2.07 bits per heavy atom. The Morgan fingerprint density at radius 3 is 2.83 bits per heavy atom. The maximum atomic E-state index is 13.0. The summed E-state index contributed by atoms with van der Waals surface area (Å²) in [4.78, 5) is 27.6. The minimum Gasteiger partial charge on any atom is -0.385 e. The highest BCUT2D eigenvalue weighted by Gasteiger charge is 2.60. The van der Waals surface area contributed by atoms with E-state index in [1.165, 1.54) is 5.57 Å². The van der Waals surface area contributed by atoms with Gasteiger partial charge in [0.05, 0.1) is 12.5 Å². The fourth-order valence-electron chi connectivity index (χ4n) is 7.86. The molecule has 1 amide bonds. The molecule has 1 saturated heterocycles. The summed E-state index contributed by atoms with van der Waals surface area (Å²) in [5, 5.41) is 10.5. The van der Waals surface area contributed by atoms with Crippen molar-refractivity contribution in [1.82, 2.24) is 4.90 Å². The normalized spacial score (nSPS) is 45.5. The van der Waals surface area contributed by atoms with E-state index >= 15 is 0 Å². The van der Waals surface area contributed by atoms with Gasteiger partial charge in [-0.3, -0.25) is 9.59 Å². The highest BCUT2D eigenvalue weighted by molar-refractivity contribution is 5.89. The average Bonchev–Trinajstić information content (AvgIpc) is 3.06. The van der Waals surface area contributed by atoms with Crippen molar-refractivity contribution in [2.45, 2.75) is 64.4 Å². The number of likely N-dealkylation sites (tertiary alicyclic amines) is 1. The zero-order chi connectivity index (χ0) is 21.2. The first kappa shape index (κ1) is 20.1. The summed E-state index contributed by atoms with van der Waals surface area (Å²) in [7, 11) is 0. The van der Waals surface area contributed by atoms with Crippen molar-refractivity contribution < 1.29 is 14.7 Å². The van der Waals surface area contributed by atoms with Gasteiger partial charge in [-0.15, -0.1) is 6.42 Å². The van der Waals surface area contributed by atoms with Crippen molar-refractivity contribution in [1.29, 1.82) is 0 Å². The van der Waals surface area contributed by atoms with Crippen LogP contribution in [0.15, 0.2) is 23.9 Å². The van der Waals surface area contributed by atoms with Crippen LogP contribution in [0.4, 0.5) is 0 Å². The number of Topliss-reactive ketones (excluding diaryl/α,β-unsaturated/α-hetero) is 1. The first-order chi connectivity index (χ1) is 14.4. The topological polar surface area (TPSA) is 57.6 Å². The van der Waals surface area contributed by atoms with Crippen molar-refractivity contribution in [3.63, 3.8) is 0 Å². The number of terminal acetylenes is 1. The van der Waals surface area contributed by atoms with Crippen LogP contribution in [0.2, 0.25) is 0 Å². The van der Waals surface area contributed by atoms with Gasteiger partial charge in [-0.1, -0.05) is 31.1 Å². The number of rotatable bonds is 2. The van der Waals surface area contributed by atoms with E-state index < -0.39 is 6.10 Å². The number of aliphatic hydroxyl groups is 1. The smallest absolute Gasteiger partial charge is 0.231 e. The molecular formula is C26H33NO3. The van der Waals surface area contributed by atoms with Gasteiger partial charge in [0.15, 0.2) is 5.78 Å². The van der Waals surface area contributed by atoms with Gasteiger partial charge in [0.25, 0.3) is 0 Å². The predicted octanol–water partition coefficient (Wildman–Crippen LogP) is 3.71. The maximum Gasteiger partial charge on any atom is 0.231 e. The van der Waals surface area contributed by atoms with E-state index in [0.717, 1.165) is 50.6 Å². The highest BCUT2D eigenvalue weighted by Crippen LogP contribution is 2.62. The van der Waals surface area contributed by atoms with Crippen molar-refractivity contribution in [3.05, 3.63) is 23.9 Å². The number of fused-ring (bicyclic) bond motifs is 1. The molecule has 8 atom stereocenters. The van der Waals surface area contributed by atoms with Gasteiger partial charge >= 0.3 is 0 Å². The number of amides is 1. The molecule has 0 aromatic heterocycles. The number of hydrogen-bond donors (Lipinski definition) is 1. The van der Waals surface area contributed by atoms with Crippen LogP contribution in [0.25, 0.3) is 0 Å². The second-order valence-electron chi connectivity index (χ2n) is 10.7. The number of allylic oxidation sites excluding steroid dienone is 3. The fraction of sp³-hybridized carbons (Fsp3) is 0.692. The molecule has 0 aromatic carbocycles. The molecule has 3 saturated carbocycles. The van der Waals surface area contributed by atoms with Gasteiger partial charge < -0.3 is 10.0 Å². The van der Waals surface area contributed by atoms with E-state index in [9.17, 15) is 14.7 Å². The number of ketones is 1. The van der Waals surface area contributed by atoms with Crippen LogP contribution in [-0.4, -0.2) is 34.3 Å². The summed E-state index contributed by atoms with van der Waals surface area (Å²) in [5.41, 5.74) is 2.25. The summed E-state index contributed by atoms with van der Waals surface area (Å²) in [6, 6.07) is 0. The molecule has 1 N–H and O–H groups in total. The lowest BCUT2D eigenvalue weighted by Crippen LogP contribution is -2.41. The molecule has 30 heavy (non-hydrogen) atoms. The van der Waals surface area contributed by atoms with Gasteiger partial charge in [0, 0.05) is 17.5 Å². The van der Waals surface area contributed by atoms with E-state index in [-0.39, 0.29) is 34.9 Å². The van der Waals surface area contributed by atoms with Crippen LogP contribution in [0.1, 0.15) is 58.3 Å². The van der Waals surface area contributed by atoms with Crippen LogP contribution in [0, 0.1) is 53.3 Å². The molecule has 4 aliphatic carbocycles. The minimum absolute atomic E-state index is 0.0310. The zero-order valence-electron chi connectivity index (χ0n) is 18.0. The summed E-state index contributed by atoms with van der Waals surface area (Å²) in [6.07, 6.45) is 14.7. The van der Waals surface area contributed by atoms with Gasteiger partial charge in [0.2, 0.25) is 5.91 Å². The third-order valence-electron chi connectivity index (χ3n) is 9.36. The molecule has 0 aromatic rings. The largest absolute Gasteiger partial charge is 0.385 e. The Bertz CT molecular complexity index is 866. The molecule has 4 heteroatoms. The summed E-state index contributed by atoms with van der Waals surface area (Å²) >= 11 is 0. The van der Waals surface area contributed by atoms with Crippen LogP contribution < -0.4 is 0 Å². The lowest BCUT2D eigenvalue weighted by Gasteiger charge is -2.45. The van der Waals surface area contributed by atoms with Crippen molar-refractivity contribution >= 4 is 11.7 Å². The third kappa shape index (κ3) is 2.78. The van der Waals surface area contributed by atoms with Crippen molar-refractivity contribution in [2.24, 2.45) is 40.9 Å². The zero-order valence-corrected chi connectivity index (χ0v) is 18.0. The molecular weight excluding hydrogens is 374 g/mol. The Balaban J connectivity index is 1.41. The van der Waals surface area contributed by atoms with Crippen molar-refractivity contribution in [3.8, 4) is 12.3 Å². The van der Waals surface area contributed by atoms with Gasteiger partial charge in [-0.05, 0) is 74.5 Å². The average molecular weight is 408 g/mol. The second-order valence-corrected chi connectivity index (χ2v) is 10.7. The van der Waals surface area contributed by atoms with E-state index in [0.29, 0.717) is 30.7 Å². The minimum atomic E-state index is -0.775. The Kier molecular flexibility index (Phi) is 4.74. The Morgan fingerprint density at radius 1 is 1.27 bits per heavy atom. The number of hydrogen-bond acceptors (Lipinski definition) is 3. The third-order valence-corrected chi connectivity index (χ3v) is 9.36. The summed E-state index contributed by atoms with van der Waals surface area (Å²) < 4.78 is 0. The molecule has 0 radical (unpaired) electrons. The molecule has 0 spiro atoms. The molecule has 4 fully saturated rings. The van der Waals surface area contributed by atoms with Gasteiger partial charge in [-0.2, -0.15) is 0 Å². The van der Waals surface area contributed by atoms with E-state index in [1.807, 2.05) is 0 Å². The van der Waals surface area contributed by atoms with Gasteiger partial charge in [-0.25, -0.2) is 0 Å². The van der Waals surface area contributed by atoms with E-state index in [1.54, 1.807) is 4.90 Å². The molecule has 5 rings (SSSR count). The van der Waals surface area contributed by atoms with Crippen LogP contribution >= 0.6 is 0 Å². The van der Waals surface area contributed by atoms with E-state index in [2.05, 4.69) is 25.5 Å². The molecule has 160 valence electrons. The monoisotopic (exact) mass is 407 g/mol. The molecule has 1 aliphatic heterocycles. The number of carbonyl (C=O) groups is 2. The molecule has 1 heterocycles. The number of carbonyl (C=O) groups excluding carboxylic acids is 2. The SMILES string of the molecule is C#CCN1C(=C)C2CC=C([C@@H]3CC[C@@H]4C(C)CC[C@@]5(C3)C[C@H](O)C(=O)[C@@H]45)CC2C1=O. The quantitative estimate of drug-likeness (QED) is 0.561. The predicted molar refractivity (Wildman–Crippen MR) is 115 cm³/mol. The summed E-state index contributed by atoms with van der Waals surface area (Å²) in [6.45, 7) is 6.77. The lowest BCUT2D eigenvalue weighted by molar-refractivity contribution is -0.132. The number of nitrogens with zero attached hydrogens (tertiary/aromatic N) is 1. The van der Waals surface area contributed by atoms with Crippen LogP contribution in [0.5, 0.6) is 0 Å². The molecule has 4 nitrogen and oxygen atoms in total. The van der Waals surface area contributed by atoms with Crippen LogP contribution in [0.3, 0.4) is 0 Å².